The van der Waals surface area contributed by atoms with Gasteiger partial charge in [0, 0.05) is 17.1 Å². The molecule has 2 N–H and O–H groups in total. The van der Waals surface area contributed by atoms with E-state index in [-0.39, 0.29) is 0 Å². The molecule has 0 radical (unpaired) electrons. The van der Waals surface area contributed by atoms with Crippen molar-refractivity contribution in [3.8, 4) is 5.75 Å². The van der Waals surface area contributed by atoms with Gasteiger partial charge in [-0.05, 0) is 42.0 Å². The van der Waals surface area contributed by atoms with Gasteiger partial charge in [-0.1, -0.05) is 24.3 Å². The van der Waals surface area contributed by atoms with E-state index in [0.29, 0.717) is 0 Å². The number of nitrogen functional groups attached to an aromatic ring is 1. The number of aryl methyl sites for hydroxylation is 1. The molecule has 0 aliphatic carbocycles. The lowest BCUT2D eigenvalue weighted by molar-refractivity contribution is -0.651. The normalized spacial score (nSPS) is 11.1. The van der Waals surface area contributed by atoms with E-state index in [9.17, 15) is 0 Å². The second-order valence-corrected chi connectivity index (χ2v) is 6.35. The molecular weight excluding hydrogens is 308 g/mol. The number of methoxy groups -OCH3 is 1. The van der Waals surface area contributed by atoms with Crippen LogP contribution in [-0.2, 0) is 13.5 Å². The van der Waals surface area contributed by atoms with Crippen LogP contribution in [0.15, 0.2) is 66.7 Å². The van der Waals surface area contributed by atoms with Crippen molar-refractivity contribution in [3.63, 3.8) is 0 Å². The Bertz CT molecular complexity index is 1070. The van der Waals surface area contributed by atoms with Gasteiger partial charge in [0.05, 0.1) is 24.3 Å². The Kier molecular flexibility index (Phi) is 3.77. The minimum absolute atomic E-state index is 0.790. The van der Waals surface area contributed by atoms with Gasteiger partial charge in [0.25, 0.3) is 0 Å². The Morgan fingerprint density at radius 3 is 2.40 bits per heavy atom. The summed E-state index contributed by atoms with van der Waals surface area (Å²) >= 11 is 0. The molecule has 0 saturated carbocycles. The van der Waals surface area contributed by atoms with Crippen LogP contribution in [0, 0.1) is 0 Å². The third-order valence-corrected chi connectivity index (χ3v) is 4.85. The first-order valence-electron chi connectivity index (χ1n) is 8.39. The zero-order valence-corrected chi connectivity index (χ0v) is 14.5. The van der Waals surface area contributed by atoms with Gasteiger partial charge in [0.1, 0.15) is 12.8 Å². The Morgan fingerprint density at radius 1 is 0.880 bits per heavy atom. The quantitative estimate of drug-likeness (QED) is 0.350. The highest BCUT2D eigenvalue weighted by atomic mass is 16.5. The Balaban J connectivity index is 2.01. The molecule has 0 atom stereocenters. The van der Waals surface area contributed by atoms with Gasteiger partial charge in [-0.3, -0.25) is 0 Å². The maximum atomic E-state index is 5.83. The lowest BCUT2D eigenvalue weighted by atomic mass is 9.99. The molecule has 0 fully saturated rings. The number of aromatic nitrogens is 1. The minimum Gasteiger partial charge on any atom is -0.497 e. The first kappa shape index (κ1) is 15.5. The fourth-order valence-corrected chi connectivity index (χ4v) is 3.49. The summed E-state index contributed by atoms with van der Waals surface area (Å²) in [5, 5.41) is 3.72. The maximum Gasteiger partial charge on any atom is 0.213 e. The number of hydrogen-bond acceptors (Lipinski definition) is 2. The molecule has 0 aliphatic rings. The van der Waals surface area contributed by atoms with Crippen molar-refractivity contribution in [2.45, 2.75) is 6.42 Å². The Labute approximate surface area is 147 Å². The molecule has 4 aromatic rings. The van der Waals surface area contributed by atoms with Gasteiger partial charge in [-0.25, -0.2) is 0 Å². The third kappa shape index (κ3) is 2.68. The number of para-hydroxylation sites is 1. The predicted octanol–water partition coefficient (Wildman–Crippen LogP) is 4.00. The van der Waals surface area contributed by atoms with Gasteiger partial charge in [0.2, 0.25) is 5.52 Å². The summed E-state index contributed by atoms with van der Waals surface area (Å²) in [6.45, 7) is 0. The van der Waals surface area contributed by atoms with E-state index in [1.54, 1.807) is 7.11 Å². The fraction of sp³-hybridized carbons (Fsp3) is 0.136. The van der Waals surface area contributed by atoms with Gasteiger partial charge >= 0.3 is 0 Å². The topological polar surface area (TPSA) is 39.1 Å². The highest BCUT2D eigenvalue weighted by Crippen LogP contribution is 2.29. The molecule has 0 unspecified atom stereocenters. The molecule has 25 heavy (non-hydrogen) atoms. The Hall–Kier alpha value is -3.07. The largest absolute Gasteiger partial charge is 0.497 e. The highest BCUT2D eigenvalue weighted by molar-refractivity contribution is 6.05. The molecule has 124 valence electrons. The van der Waals surface area contributed by atoms with E-state index in [4.69, 9.17) is 10.5 Å². The van der Waals surface area contributed by atoms with Gasteiger partial charge in [-0.2, -0.15) is 4.57 Å². The molecule has 0 amide bonds. The van der Waals surface area contributed by atoms with Crippen molar-refractivity contribution in [1.29, 1.82) is 0 Å². The van der Waals surface area contributed by atoms with Crippen molar-refractivity contribution in [1.82, 2.24) is 0 Å². The molecular formula is C22H21N2O+. The van der Waals surface area contributed by atoms with Gasteiger partial charge in [-0.15, -0.1) is 0 Å². The van der Waals surface area contributed by atoms with Crippen molar-refractivity contribution >= 4 is 27.4 Å². The van der Waals surface area contributed by atoms with Crippen molar-refractivity contribution in [3.05, 3.63) is 78.0 Å². The molecule has 0 spiro atoms. The molecule has 1 heterocycles. The van der Waals surface area contributed by atoms with Crippen LogP contribution < -0.4 is 15.0 Å². The number of hydrogen-bond donors (Lipinski definition) is 1. The molecule has 3 nitrogen and oxygen atoms in total. The average Bonchev–Trinajstić information content (AvgIpc) is 2.66. The smallest absolute Gasteiger partial charge is 0.213 e. The van der Waals surface area contributed by atoms with E-state index < -0.39 is 0 Å². The summed E-state index contributed by atoms with van der Waals surface area (Å²) in [5.74, 6) is 0.876. The van der Waals surface area contributed by atoms with E-state index >= 15 is 0 Å². The van der Waals surface area contributed by atoms with Crippen molar-refractivity contribution in [2.75, 3.05) is 12.8 Å². The van der Waals surface area contributed by atoms with Crippen LogP contribution >= 0.6 is 0 Å². The summed E-state index contributed by atoms with van der Waals surface area (Å²) < 4.78 is 7.75. The number of fused-ring (bicyclic) bond motifs is 3. The zero-order valence-electron chi connectivity index (χ0n) is 14.5. The number of nitrogens with two attached hydrogens (primary N) is 1. The van der Waals surface area contributed by atoms with Gasteiger partial charge in [0.15, 0.2) is 5.69 Å². The molecule has 3 aromatic carbocycles. The monoisotopic (exact) mass is 329 g/mol. The van der Waals surface area contributed by atoms with Crippen molar-refractivity contribution < 1.29 is 9.30 Å². The lowest BCUT2D eigenvalue weighted by Gasteiger charge is -2.11. The number of rotatable bonds is 3. The number of ether oxygens (including phenoxy) is 1. The predicted molar refractivity (Wildman–Crippen MR) is 103 cm³/mol. The summed E-state index contributed by atoms with van der Waals surface area (Å²) in [6.07, 6.45) is 0.839. The SMILES string of the molecule is COc1ccc2c(c1)c(Cc1ccc(N)cc1)[n+](C)c1ccccc21. The summed E-state index contributed by atoms with van der Waals surface area (Å²) in [6, 6.07) is 22.9. The number of benzene rings is 3. The molecule has 4 rings (SSSR count). The van der Waals surface area contributed by atoms with Crippen LogP contribution in [0.2, 0.25) is 0 Å². The molecule has 1 aromatic heterocycles. The van der Waals surface area contributed by atoms with Crippen LogP contribution in [-0.4, -0.2) is 7.11 Å². The second-order valence-electron chi connectivity index (χ2n) is 6.35. The minimum atomic E-state index is 0.790. The molecule has 3 heteroatoms. The molecule has 0 aliphatic heterocycles. The first-order valence-corrected chi connectivity index (χ1v) is 8.39. The van der Waals surface area contributed by atoms with Crippen LogP contribution in [0.4, 0.5) is 5.69 Å². The lowest BCUT2D eigenvalue weighted by Crippen LogP contribution is -2.35. The summed E-state index contributed by atoms with van der Waals surface area (Å²) in [5.41, 5.74) is 10.3. The standard InChI is InChI=1S/C22H21N2O/c1-24-21-6-4-3-5-19(21)18-12-11-17(25-2)14-20(18)22(24)13-15-7-9-16(23)10-8-15/h3-12,14H,13,23H2,1-2H3/q+1. The van der Waals surface area contributed by atoms with Gasteiger partial charge < -0.3 is 10.5 Å². The van der Waals surface area contributed by atoms with Crippen LogP contribution in [0.1, 0.15) is 11.3 Å². The first-order chi connectivity index (χ1) is 12.2. The van der Waals surface area contributed by atoms with Crippen LogP contribution in [0.5, 0.6) is 5.75 Å². The Morgan fingerprint density at radius 2 is 1.64 bits per heavy atom. The second kappa shape index (κ2) is 6.10. The number of anilines is 1. The molecule has 0 bridgehead atoms. The molecule has 0 saturated heterocycles. The maximum absolute atomic E-state index is 5.83. The summed E-state index contributed by atoms with van der Waals surface area (Å²) in [7, 11) is 3.84. The van der Waals surface area contributed by atoms with E-state index in [1.165, 1.54) is 32.9 Å². The number of nitrogens with zero attached hydrogens (tertiary/aromatic N) is 1. The highest BCUT2D eigenvalue weighted by Gasteiger charge is 2.19. The van der Waals surface area contributed by atoms with E-state index in [1.807, 2.05) is 18.2 Å². The third-order valence-electron chi connectivity index (χ3n) is 4.85. The fourth-order valence-electron chi connectivity index (χ4n) is 3.49. The number of pyridine rings is 1. The van der Waals surface area contributed by atoms with E-state index in [2.05, 4.69) is 60.1 Å². The van der Waals surface area contributed by atoms with Crippen LogP contribution in [0.3, 0.4) is 0 Å². The zero-order chi connectivity index (χ0) is 17.4. The van der Waals surface area contributed by atoms with Crippen LogP contribution in [0.25, 0.3) is 21.7 Å². The van der Waals surface area contributed by atoms with Crippen molar-refractivity contribution in [2.24, 2.45) is 7.05 Å². The summed E-state index contributed by atoms with van der Waals surface area (Å²) in [4.78, 5) is 0. The van der Waals surface area contributed by atoms with E-state index in [0.717, 1.165) is 17.9 Å². The average molecular weight is 329 g/mol.